The molecule has 1 aliphatic rings. The normalized spacial score (nSPS) is 32.1. The molecular formula is C16H24O6. The Labute approximate surface area is 130 Å². The van der Waals surface area contributed by atoms with Gasteiger partial charge in [-0.2, -0.15) is 0 Å². The van der Waals surface area contributed by atoms with Crippen molar-refractivity contribution in [2.75, 3.05) is 27.9 Å². The number of methoxy groups -OCH3 is 3. The lowest BCUT2D eigenvalue weighted by molar-refractivity contribution is -0.311. The number of aliphatic hydroxyl groups excluding tert-OH is 1. The van der Waals surface area contributed by atoms with Crippen molar-refractivity contribution in [1.82, 2.24) is 0 Å². The summed E-state index contributed by atoms with van der Waals surface area (Å²) in [5.41, 5.74) is 1.00. The van der Waals surface area contributed by atoms with Crippen molar-refractivity contribution in [3.63, 3.8) is 0 Å². The molecule has 124 valence electrons. The van der Waals surface area contributed by atoms with Crippen LogP contribution in [0.15, 0.2) is 30.3 Å². The standard InChI is InChI=1S/C16H24O6/c1-18-10-12-14(19-2)15(20-3)13(17)16(22-12)21-9-11-7-5-4-6-8-11/h4-8,12-17H,9-10H2,1-3H3/t12-,13+,14-,15-,16+/m1/s1. The maximum absolute atomic E-state index is 10.4. The molecule has 6 nitrogen and oxygen atoms in total. The number of hydrogen-bond donors (Lipinski definition) is 1. The van der Waals surface area contributed by atoms with Gasteiger partial charge in [0.2, 0.25) is 0 Å². The second-order valence-corrected chi connectivity index (χ2v) is 5.19. The lowest BCUT2D eigenvalue weighted by atomic mass is 9.98. The molecular weight excluding hydrogens is 288 g/mol. The third-order valence-electron chi connectivity index (χ3n) is 3.75. The second kappa shape index (κ2) is 8.57. The zero-order valence-electron chi connectivity index (χ0n) is 13.2. The molecule has 0 saturated carbocycles. The van der Waals surface area contributed by atoms with Crippen molar-refractivity contribution < 1.29 is 28.8 Å². The van der Waals surface area contributed by atoms with Crippen molar-refractivity contribution in [1.29, 1.82) is 0 Å². The summed E-state index contributed by atoms with van der Waals surface area (Å²) in [6, 6.07) is 9.71. The van der Waals surface area contributed by atoms with Crippen molar-refractivity contribution >= 4 is 0 Å². The maximum Gasteiger partial charge on any atom is 0.187 e. The molecule has 1 N–H and O–H groups in total. The summed E-state index contributed by atoms with van der Waals surface area (Å²) in [5.74, 6) is 0. The molecule has 0 bridgehead atoms. The Balaban J connectivity index is 2.03. The lowest BCUT2D eigenvalue weighted by Gasteiger charge is -2.43. The van der Waals surface area contributed by atoms with Crippen molar-refractivity contribution in [3.8, 4) is 0 Å². The number of benzene rings is 1. The smallest absolute Gasteiger partial charge is 0.187 e. The van der Waals surface area contributed by atoms with E-state index >= 15 is 0 Å². The van der Waals surface area contributed by atoms with E-state index in [1.54, 1.807) is 14.2 Å². The molecule has 0 spiro atoms. The van der Waals surface area contributed by atoms with Gasteiger partial charge in [0.25, 0.3) is 0 Å². The van der Waals surface area contributed by atoms with E-state index in [0.717, 1.165) is 5.56 Å². The first-order valence-corrected chi connectivity index (χ1v) is 7.24. The summed E-state index contributed by atoms with van der Waals surface area (Å²) >= 11 is 0. The van der Waals surface area contributed by atoms with E-state index in [1.165, 1.54) is 7.11 Å². The summed E-state index contributed by atoms with van der Waals surface area (Å²) in [6.07, 6.45) is -3.07. The molecule has 0 aromatic heterocycles. The van der Waals surface area contributed by atoms with Crippen LogP contribution in [-0.2, 0) is 30.3 Å². The summed E-state index contributed by atoms with van der Waals surface area (Å²) in [5, 5.41) is 10.4. The van der Waals surface area contributed by atoms with E-state index in [0.29, 0.717) is 13.2 Å². The fourth-order valence-electron chi connectivity index (χ4n) is 2.64. The van der Waals surface area contributed by atoms with Gasteiger partial charge >= 0.3 is 0 Å². The summed E-state index contributed by atoms with van der Waals surface area (Å²) < 4.78 is 27.4. The predicted octanol–water partition coefficient (Wildman–Crippen LogP) is 0.965. The minimum Gasteiger partial charge on any atom is -0.385 e. The fraction of sp³-hybridized carbons (Fsp3) is 0.625. The monoisotopic (exact) mass is 312 g/mol. The molecule has 6 heteroatoms. The third kappa shape index (κ3) is 4.04. The first kappa shape index (κ1) is 17.3. The number of ether oxygens (including phenoxy) is 5. The average molecular weight is 312 g/mol. The zero-order chi connectivity index (χ0) is 15.9. The minimum atomic E-state index is -0.938. The predicted molar refractivity (Wildman–Crippen MR) is 79.4 cm³/mol. The highest BCUT2D eigenvalue weighted by Gasteiger charge is 2.46. The molecule has 0 aliphatic carbocycles. The SMILES string of the molecule is COC[C@H]1O[C@H](OCc2ccccc2)[C@@H](O)[C@@H](OC)[C@@H]1OC. The molecule has 0 unspecified atom stereocenters. The van der Waals surface area contributed by atoms with Gasteiger partial charge in [0, 0.05) is 21.3 Å². The van der Waals surface area contributed by atoms with Crippen LogP contribution in [0.3, 0.4) is 0 Å². The fourth-order valence-corrected chi connectivity index (χ4v) is 2.64. The van der Waals surface area contributed by atoms with Crippen molar-refractivity contribution in [2.45, 2.75) is 37.3 Å². The Kier molecular flexibility index (Phi) is 6.75. The molecule has 22 heavy (non-hydrogen) atoms. The van der Waals surface area contributed by atoms with Crippen molar-refractivity contribution in [3.05, 3.63) is 35.9 Å². The van der Waals surface area contributed by atoms with Gasteiger partial charge in [0.1, 0.15) is 24.4 Å². The molecule has 1 saturated heterocycles. The maximum atomic E-state index is 10.4. The molecule has 1 aromatic rings. The largest absolute Gasteiger partial charge is 0.385 e. The van der Waals surface area contributed by atoms with Gasteiger partial charge in [-0.05, 0) is 5.56 Å². The molecule has 2 rings (SSSR count). The summed E-state index contributed by atoms with van der Waals surface area (Å²) in [6.45, 7) is 0.673. The second-order valence-electron chi connectivity index (χ2n) is 5.19. The molecule has 1 aromatic carbocycles. The van der Waals surface area contributed by atoms with E-state index < -0.39 is 24.6 Å². The van der Waals surface area contributed by atoms with Crippen LogP contribution in [0.1, 0.15) is 5.56 Å². The van der Waals surface area contributed by atoms with Crippen LogP contribution in [0.25, 0.3) is 0 Å². The van der Waals surface area contributed by atoms with E-state index in [9.17, 15) is 5.11 Å². The van der Waals surface area contributed by atoms with Crippen LogP contribution in [0.2, 0.25) is 0 Å². The van der Waals surface area contributed by atoms with Gasteiger partial charge in [0.15, 0.2) is 6.29 Å². The molecule has 1 aliphatic heterocycles. The Morgan fingerprint density at radius 1 is 1.05 bits per heavy atom. The first-order valence-electron chi connectivity index (χ1n) is 7.24. The average Bonchev–Trinajstić information content (AvgIpc) is 2.55. The highest BCUT2D eigenvalue weighted by atomic mass is 16.7. The van der Waals surface area contributed by atoms with E-state index in [1.807, 2.05) is 30.3 Å². The van der Waals surface area contributed by atoms with Crippen LogP contribution in [0.5, 0.6) is 0 Å². The molecule has 5 atom stereocenters. The quantitative estimate of drug-likeness (QED) is 0.809. The van der Waals surface area contributed by atoms with Crippen LogP contribution < -0.4 is 0 Å². The molecule has 0 amide bonds. The van der Waals surface area contributed by atoms with Gasteiger partial charge in [-0.15, -0.1) is 0 Å². The Bertz CT molecular complexity index is 426. The molecule has 0 radical (unpaired) electrons. The van der Waals surface area contributed by atoms with Gasteiger partial charge in [-0.3, -0.25) is 0 Å². The van der Waals surface area contributed by atoms with Gasteiger partial charge in [-0.1, -0.05) is 30.3 Å². The van der Waals surface area contributed by atoms with Crippen LogP contribution in [-0.4, -0.2) is 63.7 Å². The van der Waals surface area contributed by atoms with Crippen LogP contribution >= 0.6 is 0 Å². The first-order chi connectivity index (χ1) is 10.7. The van der Waals surface area contributed by atoms with Crippen LogP contribution in [0.4, 0.5) is 0 Å². The highest BCUT2D eigenvalue weighted by Crippen LogP contribution is 2.26. The van der Waals surface area contributed by atoms with E-state index in [4.69, 9.17) is 23.7 Å². The Morgan fingerprint density at radius 3 is 2.32 bits per heavy atom. The van der Waals surface area contributed by atoms with Gasteiger partial charge in [0.05, 0.1) is 13.2 Å². The molecule has 1 heterocycles. The number of rotatable bonds is 7. The third-order valence-corrected chi connectivity index (χ3v) is 3.75. The Hall–Kier alpha value is -1.02. The summed E-state index contributed by atoms with van der Waals surface area (Å²) in [7, 11) is 4.67. The highest BCUT2D eigenvalue weighted by molar-refractivity contribution is 5.13. The molecule has 1 fully saturated rings. The topological polar surface area (TPSA) is 66.4 Å². The van der Waals surface area contributed by atoms with Gasteiger partial charge < -0.3 is 28.8 Å². The number of hydrogen-bond acceptors (Lipinski definition) is 6. The Morgan fingerprint density at radius 2 is 1.73 bits per heavy atom. The minimum absolute atomic E-state index is 0.330. The van der Waals surface area contributed by atoms with Crippen LogP contribution in [0, 0.1) is 0 Å². The summed E-state index contributed by atoms with van der Waals surface area (Å²) in [4.78, 5) is 0. The van der Waals surface area contributed by atoms with Crippen molar-refractivity contribution in [2.24, 2.45) is 0 Å². The lowest BCUT2D eigenvalue weighted by Crippen LogP contribution is -2.60. The van der Waals surface area contributed by atoms with Gasteiger partial charge in [-0.25, -0.2) is 0 Å². The zero-order valence-corrected chi connectivity index (χ0v) is 13.2. The number of aliphatic hydroxyl groups is 1. The van der Waals surface area contributed by atoms with E-state index in [2.05, 4.69) is 0 Å². The van der Waals surface area contributed by atoms with E-state index in [-0.39, 0.29) is 6.10 Å².